The van der Waals surface area contributed by atoms with Crippen molar-refractivity contribution in [2.24, 2.45) is 10.7 Å². The number of aliphatic imine (C=N–C) groups is 1. The number of methoxy groups -OCH3 is 1. The van der Waals surface area contributed by atoms with Gasteiger partial charge in [-0.3, -0.25) is 19.4 Å². The van der Waals surface area contributed by atoms with E-state index in [9.17, 15) is 9.59 Å². The second kappa shape index (κ2) is 12.0. The number of amides is 2. The van der Waals surface area contributed by atoms with Crippen LogP contribution in [0.1, 0.15) is 41.3 Å². The van der Waals surface area contributed by atoms with Crippen molar-refractivity contribution in [3.05, 3.63) is 83.2 Å². The number of ether oxygens (including phenoxy) is 1. The molecule has 2 heterocycles. The predicted molar refractivity (Wildman–Crippen MR) is 147 cm³/mol. The minimum Gasteiger partial charge on any atom is -0.495 e. The number of rotatable bonds is 9. The molecule has 1 aromatic heterocycles. The summed E-state index contributed by atoms with van der Waals surface area (Å²) < 4.78 is 5.15. The molecule has 10 heteroatoms. The fourth-order valence-corrected chi connectivity index (χ4v) is 3.83. The van der Waals surface area contributed by atoms with Gasteiger partial charge >= 0.3 is 0 Å². The van der Waals surface area contributed by atoms with Gasteiger partial charge in [0.05, 0.1) is 30.9 Å². The van der Waals surface area contributed by atoms with Gasteiger partial charge in [0.1, 0.15) is 18.2 Å². The molecule has 10 nitrogen and oxygen atoms in total. The number of carbonyl (C=O) groups excluding carboxylic acids is 2. The molecule has 0 aliphatic carbocycles. The maximum absolute atomic E-state index is 13.4. The third kappa shape index (κ3) is 6.54. The van der Waals surface area contributed by atoms with Crippen molar-refractivity contribution in [2.45, 2.75) is 26.4 Å². The number of anilines is 2. The Hall–Kier alpha value is -4.70. The Kier molecular flexibility index (Phi) is 8.34. The molecule has 0 radical (unpaired) electrons. The minimum absolute atomic E-state index is 0.149. The molecular weight excluding hydrogens is 484 g/mol. The molecule has 38 heavy (non-hydrogen) atoms. The number of aromatic nitrogens is 1. The van der Waals surface area contributed by atoms with Gasteiger partial charge in [-0.2, -0.15) is 0 Å². The summed E-state index contributed by atoms with van der Waals surface area (Å²) in [5, 5.41) is 4.14. The van der Waals surface area contributed by atoms with Crippen LogP contribution in [0.25, 0.3) is 6.08 Å². The summed E-state index contributed by atoms with van der Waals surface area (Å²) in [7, 11) is 1.53. The van der Waals surface area contributed by atoms with Gasteiger partial charge in [-0.25, -0.2) is 10.1 Å². The van der Waals surface area contributed by atoms with Crippen molar-refractivity contribution < 1.29 is 19.2 Å². The molecule has 5 N–H and O–H groups in total. The molecule has 2 amide bonds. The predicted octanol–water partition coefficient (Wildman–Crippen LogP) is 4.07. The lowest BCUT2D eigenvalue weighted by Crippen LogP contribution is -2.34. The molecule has 0 fully saturated rings. The molecule has 1 aliphatic rings. The molecule has 0 saturated heterocycles. The van der Waals surface area contributed by atoms with Crippen molar-refractivity contribution in [1.82, 2.24) is 10.0 Å². The largest absolute Gasteiger partial charge is 0.495 e. The SMILES string of the molecule is CCCN(OCc1ccc(N)cc1)C(=O)C1=Cc2ccc(C(=O)Nc3cncc(OC)c3)cc2N=C(N)C1. The van der Waals surface area contributed by atoms with Crippen molar-refractivity contribution in [2.75, 3.05) is 24.7 Å². The van der Waals surface area contributed by atoms with E-state index in [0.29, 0.717) is 52.5 Å². The zero-order valence-electron chi connectivity index (χ0n) is 21.3. The van der Waals surface area contributed by atoms with Crippen LogP contribution < -0.4 is 21.5 Å². The van der Waals surface area contributed by atoms with E-state index in [1.54, 1.807) is 48.7 Å². The van der Waals surface area contributed by atoms with Gasteiger partial charge in [0.2, 0.25) is 0 Å². The number of pyridine rings is 1. The monoisotopic (exact) mass is 514 g/mol. The lowest BCUT2D eigenvalue weighted by molar-refractivity contribution is -0.187. The van der Waals surface area contributed by atoms with Gasteiger partial charge in [0.25, 0.3) is 11.8 Å². The Morgan fingerprint density at radius 1 is 1.08 bits per heavy atom. The third-order valence-electron chi connectivity index (χ3n) is 5.76. The van der Waals surface area contributed by atoms with Gasteiger partial charge in [-0.1, -0.05) is 25.1 Å². The highest BCUT2D eigenvalue weighted by atomic mass is 16.7. The van der Waals surface area contributed by atoms with E-state index < -0.39 is 0 Å². The smallest absolute Gasteiger partial charge is 0.273 e. The van der Waals surface area contributed by atoms with E-state index in [4.69, 9.17) is 21.0 Å². The van der Waals surface area contributed by atoms with E-state index in [1.165, 1.54) is 18.4 Å². The van der Waals surface area contributed by atoms with Crippen LogP contribution in [0.5, 0.6) is 5.75 Å². The Morgan fingerprint density at radius 3 is 2.61 bits per heavy atom. The quantitative estimate of drug-likeness (QED) is 0.288. The van der Waals surface area contributed by atoms with E-state index in [-0.39, 0.29) is 30.7 Å². The normalized spacial score (nSPS) is 12.5. The number of hydrogen-bond donors (Lipinski definition) is 3. The molecule has 0 saturated carbocycles. The fourth-order valence-electron chi connectivity index (χ4n) is 3.83. The lowest BCUT2D eigenvalue weighted by Gasteiger charge is -2.22. The molecule has 0 atom stereocenters. The number of amidine groups is 1. The number of nitrogens with one attached hydrogen (secondary N) is 1. The molecular formula is C28H30N6O4. The fraction of sp³-hybridized carbons (Fsp3) is 0.214. The molecule has 3 aromatic rings. The topological polar surface area (TPSA) is 145 Å². The first kappa shape index (κ1) is 26.4. The number of nitrogens with two attached hydrogens (primary N) is 2. The van der Waals surface area contributed by atoms with E-state index in [1.807, 2.05) is 19.1 Å². The summed E-state index contributed by atoms with van der Waals surface area (Å²) >= 11 is 0. The van der Waals surface area contributed by atoms with Gasteiger partial charge < -0.3 is 21.5 Å². The number of hydroxylamine groups is 2. The highest BCUT2D eigenvalue weighted by Crippen LogP contribution is 2.29. The number of fused-ring (bicyclic) bond motifs is 1. The summed E-state index contributed by atoms with van der Waals surface area (Å²) in [6.07, 6.45) is 5.67. The number of carbonyl (C=O) groups is 2. The molecule has 196 valence electrons. The zero-order valence-corrected chi connectivity index (χ0v) is 21.3. The number of nitrogens with zero attached hydrogens (tertiary/aromatic N) is 3. The van der Waals surface area contributed by atoms with E-state index in [0.717, 1.165) is 5.56 Å². The van der Waals surface area contributed by atoms with Gasteiger partial charge in [-0.05, 0) is 42.3 Å². The van der Waals surface area contributed by atoms with Crippen LogP contribution in [-0.4, -0.2) is 41.4 Å². The number of benzene rings is 2. The lowest BCUT2D eigenvalue weighted by atomic mass is 10.0. The first-order valence-electron chi connectivity index (χ1n) is 12.1. The van der Waals surface area contributed by atoms with Crippen LogP contribution in [0.4, 0.5) is 17.1 Å². The Bertz CT molecular complexity index is 1380. The average Bonchev–Trinajstić information content (AvgIpc) is 3.09. The maximum atomic E-state index is 13.4. The Labute approximate surface area is 220 Å². The molecule has 4 rings (SSSR count). The second-order valence-corrected chi connectivity index (χ2v) is 8.71. The summed E-state index contributed by atoms with van der Waals surface area (Å²) in [5.74, 6) is 0.152. The summed E-state index contributed by atoms with van der Waals surface area (Å²) in [6, 6.07) is 14.0. The van der Waals surface area contributed by atoms with Crippen LogP contribution in [0.3, 0.4) is 0 Å². The first-order valence-corrected chi connectivity index (χ1v) is 12.1. The van der Waals surface area contributed by atoms with Crippen LogP contribution in [0.2, 0.25) is 0 Å². The second-order valence-electron chi connectivity index (χ2n) is 8.71. The highest BCUT2D eigenvalue weighted by molar-refractivity contribution is 6.07. The van der Waals surface area contributed by atoms with Crippen LogP contribution >= 0.6 is 0 Å². The third-order valence-corrected chi connectivity index (χ3v) is 5.76. The van der Waals surface area contributed by atoms with Crippen LogP contribution in [0.15, 0.2) is 71.5 Å². The zero-order chi connectivity index (χ0) is 27.1. The summed E-state index contributed by atoms with van der Waals surface area (Å²) in [5.41, 5.74) is 16.0. The highest BCUT2D eigenvalue weighted by Gasteiger charge is 2.23. The van der Waals surface area contributed by atoms with E-state index in [2.05, 4.69) is 15.3 Å². The van der Waals surface area contributed by atoms with Crippen LogP contribution in [-0.2, 0) is 16.2 Å². The molecule has 2 aromatic carbocycles. The molecule has 0 spiro atoms. The van der Waals surface area contributed by atoms with Gasteiger partial charge in [-0.15, -0.1) is 0 Å². The molecule has 1 aliphatic heterocycles. The Morgan fingerprint density at radius 2 is 1.87 bits per heavy atom. The van der Waals surface area contributed by atoms with E-state index >= 15 is 0 Å². The average molecular weight is 515 g/mol. The van der Waals surface area contributed by atoms with Crippen molar-refractivity contribution in [3.63, 3.8) is 0 Å². The van der Waals surface area contributed by atoms with Crippen molar-refractivity contribution >= 4 is 40.8 Å². The summed E-state index contributed by atoms with van der Waals surface area (Å²) in [6.45, 7) is 2.60. The van der Waals surface area contributed by atoms with Gasteiger partial charge in [0, 0.05) is 41.4 Å². The molecule has 0 unspecified atom stereocenters. The maximum Gasteiger partial charge on any atom is 0.273 e. The summed E-state index contributed by atoms with van der Waals surface area (Å²) in [4.78, 5) is 40.6. The van der Waals surface area contributed by atoms with Crippen LogP contribution in [0, 0.1) is 0 Å². The Balaban J connectivity index is 1.53. The van der Waals surface area contributed by atoms with Crippen molar-refractivity contribution in [1.29, 1.82) is 0 Å². The number of hydrogen-bond acceptors (Lipinski definition) is 8. The van der Waals surface area contributed by atoms with Crippen molar-refractivity contribution in [3.8, 4) is 5.75 Å². The minimum atomic E-state index is -0.341. The first-order chi connectivity index (χ1) is 18.4. The number of nitrogen functional groups attached to an aromatic ring is 1. The standard InChI is InChI=1S/C28H30N6O4/c1-3-10-34(38-17-18-4-8-22(29)9-5-18)28(36)21-11-19-6-7-20(12-25(19)33-26(30)13-21)27(35)32-23-14-24(37-2)16-31-15-23/h4-9,11-12,14-16H,3,10,13,17,29H2,1-2H3,(H2,30,33)(H,32,35). The molecule has 0 bridgehead atoms. The van der Waals surface area contributed by atoms with Gasteiger partial charge in [0.15, 0.2) is 0 Å².